The van der Waals surface area contributed by atoms with Gasteiger partial charge in [-0.1, -0.05) is 25.5 Å². The van der Waals surface area contributed by atoms with Crippen LogP contribution in [0, 0.1) is 29.6 Å². The first-order valence-electron chi connectivity index (χ1n) is 6.49. The predicted molar refractivity (Wildman–Crippen MR) is 50.7 cm³/mol. The van der Waals surface area contributed by atoms with Crippen LogP contribution < -0.4 is 0 Å². The number of allylic oxidation sites excluding steroid dienone is 2. The second kappa shape index (κ2) is 2.37. The number of rotatable bonds is 1. The molecule has 0 heteroatoms. The molecule has 66 valence electrons. The van der Waals surface area contributed by atoms with Crippen LogP contribution in [0.4, 0.5) is 0 Å². The minimum atomic E-state index is 0.148. The highest BCUT2D eigenvalue weighted by Gasteiger charge is 2.51. The first-order chi connectivity index (χ1) is 6.83. The van der Waals surface area contributed by atoms with Gasteiger partial charge in [0.15, 0.2) is 0 Å². The van der Waals surface area contributed by atoms with Gasteiger partial charge in [-0.3, -0.25) is 0 Å². The molecule has 2 fully saturated rings. The molecule has 3 aliphatic carbocycles. The summed E-state index contributed by atoms with van der Waals surface area (Å²) >= 11 is 0. The molecule has 0 radical (unpaired) electrons. The second-order valence-electron chi connectivity index (χ2n) is 4.61. The molecule has 0 amide bonds. The van der Waals surface area contributed by atoms with Gasteiger partial charge in [0.2, 0.25) is 0 Å². The monoisotopic (exact) mass is 164 g/mol. The van der Waals surface area contributed by atoms with Crippen molar-refractivity contribution >= 4 is 0 Å². The van der Waals surface area contributed by atoms with Crippen LogP contribution in [-0.4, -0.2) is 0 Å². The van der Waals surface area contributed by atoms with E-state index in [1.54, 1.807) is 0 Å². The van der Waals surface area contributed by atoms with Crippen molar-refractivity contribution < 1.29 is 2.74 Å². The van der Waals surface area contributed by atoms with Crippen molar-refractivity contribution in [3.63, 3.8) is 0 Å². The van der Waals surface area contributed by atoms with Crippen molar-refractivity contribution in [2.24, 2.45) is 29.6 Å². The summed E-state index contributed by atoms with van der Waals surface area (Å²) in [7, 11) is 0. The predicted octanol–water partition coefficient (Wildman–Crippen LogP) is 3.24. The minimum absolute atomic E-state index is 0.148. The standard InChI is InChI=1S/C12H18/c1-2-8-6-9-7-12(8)11-5-3-4-10(9)11/h3-4,8-12H,2,5-7H2,1H3/t8-,9-,10-,11-,12-/m1/s1/i1D,6D/t6-,8+,9+,10+,11+,12+/m0. The summed E-state index contributed by atoms with van der Waals surface area (Å²) in [6, 6.07) is 0. The molecular formula is C12H18. The number of fused-ring (bicyclic) bond motifs is 5. The van der Waals surface area contributed by atoms with Gasteiger partial charge in [-0.25, -0.2) is 0 Å². The van der Waals surface area contributed by atoms with E-state index in [2.05, 4.69) is 12.2 Å². The summed E-state index contributed by atoms with van der Waals surface area (Å²) in [4.78, 5) is 0. The van der Waals surface area contributed by atoms with E-state index in [4.69, 9.17) is 2.74 Å². The van der Waals surface area contributed by atoms with Gasteiger partial charge in [0.25, 0.3) is 0 Å². The highest BCUT2D eigenvalue weighted by atomic mass is 14.6. The average Bonchev–Trinajstić information content (AvgIpc) is 2.78. The van der Waals surface area contributed by atoms with Crippen molar-refractivity contribution in [3.05, 3.63) is 12.2 Å². The third-order valence-corrected chi connectivity index (χ3v) is 4.23. The maximum atomic E-state index is 8.21. The molecular weight excluding hydrogens is 144 g/mol. The van der Waals surface area contributed by atoms with Crippen LogP contribution in [0.1, 0.15) is 35.3 Å². The fourth-order valence-corrected chi connectivity index (χ4v) is 3.73. The van der Waals surface area contributed by atoms with E-state index in [0.29, 0.717) is 18.7 Å². The maximum absolute atomic E-state index is 8.21. The Hall–Kier alpha value is -0.260. The van der Waals surface area contributed by atoms with E-state index in [1.165, 1.54) is 12.8 Å². The minimum Gasteiger partial charge on any atom is -0.0879 e. The molecule has 12 heavy (non-hydrogen) atoms. The Kier molecular flexibility index (Phi) is 1.08. The molecule has 0 aliphatic heterocycles. The summed E-state index contributed by atoms with van der Waals surface area (Å²) in [5.74, 6) is 3.58. The fraction of sp³-hybridized carbons (Fsp3) is 0.833. The highest BCUT2D eigenvalue weighted by Crippen LogP contribution is 2.59. The Morgan fingerprint density at radius 1 is 1.58 bits per heavy atom. The van der Waals surface area contributed by atoms with E-state index in [-0.39, 0.29) is 6.40 Å². The Balaban J connectivity index is 1.82. The Labute approximate surface area is 77.9 Å². The number of hydrogen-bond donors (Lipinski definition) is 0. The number of hydrogen-bond acceptors (Lipinski definition) is 0. The van der Waals surface area contributed by atoms with E-state index in [1.807, 2.05) is 0 Å². The van der Waals surface area contributed by atoms with Crippen molar-refractivity contribution in [2.75, 3.05) is 0 Å². The van der Waals surface area contributed by atoms with Crippen LogP contribution in [0.15, 0.2) is 12.2 Å². The molecule has 2 saturated carbocycles. The molecule has 0 aromatic carbocycles. The van der Waals surface area contributed by atoms with Crippen molar-refractivity contribution in [3.8, 4) is 0 Å². The molecule has 0 nitrogen and oxygen atoms in total. The van der Waals surface area contributed by atoms with Gasteiger partial charge in [-0.2, -0.15) is 0 Å². The first kappa shape index (κ1) is 5.47. The van der Waals surface area contributed by atoms with Crippen LogP contribution >= 0.6 is 0 Å². The summed E-state index contributed by atoms with van der Waals surface area (Å²) < 4.78 is 15.5. The Morgan fingerprint density at radius 2 is 2.58 bits per heavy atom. The molecule has 3 rings (SSSR count). The Bertz CT molecular complexity index is 261. The Morgan fingerprint density at radius 3 is 3.50 bits per heavy atom. The lowest BCUT2D eigenvalue weighted by Crippen LogP contribution is -2.23. The van der Waals surface area contributed by atoms with Crippen molar-refractivity contribution in [2.45, 2.75) is 32.6 Å². The molecule has 0 spiro atoms. The van der Waals surface area contributed by atoms with Gasteiger partial charge in [-0.05, 0) is 48.8 Å². The molecule has 2 bridgehead atoms. The molecule has 0 heterocycles. The lowest BCUT2D eigenvalue weighted by atomic mass is 9.74. The van der Waals surface area contributed by atoms with Crippen molar-refractivity contribution in [1.82, 2.24) is 0 Å². The van der Waals surface area contributed by atoms with Gasteiger partial charge in [0, 0.05) is 2.74 Å². The van der Waals surface area contributed by atoms with Crippen LogP contribution in [-0.2, 0) is 0 Å². The molecule has 0 N–H and O–H groups in total. The molecule has 0 aromatic rings. The SMILES string of the molecule is [2H]CC[C@@H]1[C@H]([2H])[C@@H]2C[C@H]1[C@@H]1CC=C[C@@H]12. The second-order valence-corrected chi connectivity index (χ2v) is 4.61. The summed E-state index contributed by atoms with van der Waals surface area (Å²) in [5.41, 5.74) is 0. The van der Waals surface area contributed by atoms with E-state index >= 15 is 0 Å². The van der Waals surface area contributed by atoms with Crippen LogP contribution in [0.3, 0.4) is 0 Å². The van der Waals surface area contributed by atoms with Crippen LogP contribution in [0.25, 0.3) is 0 Å². The van der Waals surface area contributed by atoms with Crippen LogP contribution in [0.2, 0.25) is 0 Å². The molecule has 0 unspecified atom stereocenters. The van der Waals surface area contributed by atoms with E-state index in [9.17, 15) is 0 Å². The zero-order valence-electron chi connectivity index (χ0n) is 9.45. The van der Waals surface area contributed by atoms with Gasteiger partial charge in [-0.15, -0.1) is 0 Å². The van der Waals surface area contributed by atoms with Gasteiger partial charge in [0.1, 0.15) is 0 Å². The topological polar surface area (TPSA) is 0 Å². The van der Waals surface area contributed by atoms with Gasteiger partial charge >= 0.3 is 0 Å². The summed E-state index contributed by atoms with van der Waals surface area (Å²) in [6.07, 6.45) is 8.36. The fourth-order valence-electron chi connectivity index (χ4n) is 3.73. The third-order valence-electron chi connectivity index (χ3n) is 4.23. The van der Waals surface area contributed by atoms with Crippen LogP contribution in [0.5, 0.6) is 0 Å². The molecule has 0 aromatic heterocycles. The maximum Gasteiger partial charge on any atom is 0.0273 e. The molecule has 0 saturated heterocycles. The zero-order valence-corrected chi connectivity index (χ0v) is 7.45. The lowest BCUT2D eigenvalue weighted by molar-refractivity contribution is 0.201. The largest absolute Gasteiger partial charge is 0.0879 e. The first-order valence-corrected chi connectivity index (χ1v) is 5.21. The normalized spacial score (nSPS) is 63.3. The quantitative estimate of drug-likeness (QED) is 0.522. The zero-order chi connectivity index (χ0) is 9.71. The van der Waals surface area contributed by atoms with Gasteiger partial charge < -0.3 is 0 Å². The van der Waals surface area contributed by atoms with Gasteiger partial charge in [0.05, 0.1) is 0 Å². The van der Waals surface area contributed by atoms with E-state index in [0.717, 1.165) is 24.2 Å². The molecule has 6 atom stereocenters. The third kappa shape index (κ3) is 0.739. The smallest absolute Gasteiger partial charge is 0.0273 e. The lowest BCUT2D eigenvalue weighted by Gasteiger charge is -2.30. The van der Waals surface area contributed by atoms with E-state index < -0.39 is 0 Å². The summed E-state index contributed by atoms with van der Waals surface area (Å²) in [5, 5.41) is 0. The van der Waals surface area contributed by atoms with Crippen molar-refractivity contribution in [1.29, 1.82) is 0 Å². The molecule has 3 aliphatic rings. The average molecular weight is 164 g/mol. The highest BCUT2D eigenvalue weighted by molar-refractivity contribution is 5.13. The summed E-state index contributed by atoms with van der Waals surface area (Å²) in [6.45, 7) is 0.522.